The molecule has 3 rings (SSSR count). The van der Waals surface area contributed by atoms with Crippen LogP contribution < -0.4 is 0 Å². The van der Waals surface area contributed by atoms with Crippen molar-refractivity contribution in [2.75, 3.05) is 26.2 Å². The Morgan fingerprint density at radius 2 is 1.96 bits per heavy atom. The molecule has 0 aliphatic carbocycles. The molecule has 2 fully saturated rings. The smallest absolute Gasteiger partial charge is 0.410 e. The molecule has 6 heteroatoms. The van der Waals surface area contributed by atoms with Crippen LogP contribution in [0.5, 0.6) is 0 Å². The molecule has 25 heavy (non-hydrogen) atoms. The van der Waals surface area contributed by atoms with Crippen LogP contribution in [0.25, 0.3) is 0 Å². The van der Waals surface area contributed by atoms with Gasteiger partial charge >= 0.3 is 6.09 Å². The van der Waals surface area contributed by atoms with E-state index in [0.29, 0.717) is 31.1 Å². The van der Waals surface area contributed by atoms with Gasteiger partial charge in [-0.25, -0.2) is 4.79 Å². The maximum absolute atomic E-state index is 12.3. The predicted octanol–water partition coefficient (Wildman–Crippen LogP) is 3.24. The van der Waals surface area contributed by atoms with Crippen LogP contribution in [0.2, 0.25) is 5.02 Å². The lowest BCUT2D eigenvalue weighted by atomic mass is 9.82. The van der Waals surface area contributed by atoms with Crippen molar-refractivity contribution in [3.8, 4) is 0 Å². The number of amides is 1. The van der Waals surface area contributed by atoms with E-state index in [-0.39, 0.29) is 12.1 Å². The van der Waals surface area contributed by atoms with Crippen LogP contribution in [0.15, 0.2) is 24.3 Å². The van der Waals surface area contributed by atoms with Crippen molar-refractivity contribution >= 4 is 17.7 Å². The standard InChI is InChI=1S/C19H27ClN2O3/c1-18(2,3)25-17(23)21-10-11-22-13-19(24,9-8-16(22)12-21)14-4-6-15(20)7-5-14/h4-7,16,24H,8-13H2,1-3H3. The fraction of sp³-hybridized carbons (Fsp3) is 0.632. The molecular weight excluding hydrogens is 340 g/mol. The first-order valence-corrected chi connectivity index (χ1v) is 9.24. The zero-order valence-electron chi connectivity index (χ0n) is 15.2. The second-order valence-corrected chi connectivity index (χ2v) is 8.56. The highest BCUT2D eigenvalue weighted by molar-refractivity contribution is 6.30. The summed E-state index contributed by atoms with van der Waals surface area (Å²) in [6.45, 7) is 8.27. The number of hydrogen-bond donors (Lipinski definition) is 1. The molecule has 5 nitrogen and oxygen atoms in total. The summed E-state index contributed by atoms with van der Waals surface area (Å²) in [5.41, 5.74) is -0.421. The summed E-state index contributed by atoms with van der Waals surface area (Å²) in [5.74, 6) is 0. The number of piperidine rings is 1. The Labute approximate surface area is 154 Å². The lowest BCUT2D eigenvalue weighted by Crippen LogP contribution is -2.61. The summed E-state index contributed by atoms with van der Waals surface area (Å²) in [7, 11) is 0. The minimum Gasteiger partial charge on any atom is -0.444 e. The summed E-state index contributed by atoms with van der Waals surface area (Å²) in [6.07, 6.45) is 1.28. The minimum atomic E-state index is -0.852. The number of carbonyl (C=O) groups is 1. The first-order chi connectivity index (χ1) is 11.7. The van der Waals surface area contributed by atoms with E-state index in [2.05, 4.69) is 4.90 Å². The molecule has 2 atom stereocenters. The number of halogens is 1. The first kappa shape index (κ1) is 18.5. The SMILES string of the molecule is CC(C)(C)OC(=O)N1CCN2CC(O)(c3ccc(Cl)cc3)CCC2C1. The van der Waals surface area contributed by atoms with E-state index < -0.39 is 11.2 Å². The summed E-state index contributed by atoms with van der Waals surface area (Å²) in [6, 6.07) is 7.72. The monoisotopic (exact) mass is 366 g/mol. The molecule has 1 aromatic rings. The average molecular weight is 367 g/mol. The number of carbonyl (C=O) groups excluding carboxylic acids is 1. The Balaban J connectivity index is 1.64. The van der Waals surface area contributed by atoms with Crippen LogP contribution in [0.3, 0.4) is 0 Å². The molecule has 2 aliphatic heterocycles. The molecule has 0 radical (unpaired) electrons. The zero-order chi connectivity index (χ0) is 18.2. The third-order valence-corrected chi connectivity index (χ3v) is 5.25. The number of nitrogens with zero attached hydrogens (tertiary/aromatic N) is 2. The molecule has 138 valence electrons. The summed E-state index contributed by atoms with van der Waals surface area (Å²) in [5, 5.41) is 11.8. The van der Waals surface area contributed by atoms with Gasteiger partial charge in [-0.15, -0.1) is 0 Å². The molecule has 2 heterocycles. The maximum atomic E-state index is 12.3. The normalized spacial score (nSPS) is 27.7. The molecule has 0 spiro atoms. The number of hydrogen-bond acceptors (Lipinski definition) is 4. The van der Waals surface area contributed by atoms with E-state index in [4.69, 9.17) is 16.3 Å². The fourth-order valence-electron chi connectivity index (χ4n) is 3.68. The zero-order valence-corrected chi connectivity index (χ0v) is 15.9. The molecule has 2 aliphatic rings. The highest BCUT2D eigenvalue weighted by Crippen LogP contribution is 2.36. The first-order valence-electron chi connectivity index (χ1n) is 8.87. The Morgan fingerprint density at radius 1 is 1.28 bits per heavy atom. The van der Waals surface area contributed by atoms with Crippen molar-refractivity contribution in [1.29, 1.82) is 0 Å². The van der Waals surface area contributed by atoms with Crippen molar-refractivity contribution in [2.24, 2.45) is 0 Å². The lowest BCUT2D eigenvalue weighted by Gasteiger charge is -2.49. The van der Waals surface area contributed by atoms with Crippen LogP contribution in [-0.2, 0) is 10.3 Å². The van der Waals surface area contributed by atoms with Gasteiger partial charge in [-0.2, -0.15) is 0 Å². The highest BCUT2D eigenvalue weighted by atomic mass is 35.5. The van der Waals surface area contributed by atoms with Gasteiger partial charge < -0.3 is 14.7 Å². The Hall–Kier alpha value is -1.30. The summed E-state index contributed by atoms with van der Waals surface area (Å²) < 4.78 is 5.48. The Bertz CT molecular complexity index is 629. The van der Waals surface area contributed by atoms with Crippen molar-refractivity contribution < 1.29 is 14.6 Å². The van der Waals surface area contributed by atoms with Gasteiger partial charge in [-0.1, -0.05) is 23.7 Å². The van der Waals surface area contributed by atoms with Gasteiger partial charge in [0.05, 0.1) is 0 Å². The molecule has 2 unspecified atom stereocenters. The van der Waals surface area contributed by atoms with Gasteiger partial charge in [0.25, 0.3) is 0 Å². The van der Waals surface area contributed by atoms with E-state index >= 15 is 0 Å². The number of rotatable bonds is 1. The molecule has 1 amide bonds. The number of piperazine rings is 1. The fourth-order valence-corrected chi connectivity index (χ4v) is 3.81. The maximum Gasteiger partial charge on any atom is 0.410 e. The van der Waals surface area contributed by atoms with E-state index in [1.807, 2.05) is 45.0 Å². The Morgan fingerprint density at radius 3 is 2.60 bits per heavy atom. The van der Waals surface area contributed by atoms with Gasteiger partial charge in [0.2, 0.25) is 0 Å². The van der Waals surface area contributed by atoms with Crippen LogP contribution in [0.1, 0.15) is 39.2 Å². The van der Waals surface area contributed by atoms with Crippen molar-refractivity contribution in [2.45, 2.75) is 50.9 Å². The Kier molecular flexibility index (Phi) is 5.02. The van der Waals surface area contributed by atoms with Crippen LogP contribution in [0.4, 0.5) is 4.79 Å². The topological polar surface area (TPSA) is 53.0 Å². The van der Waals surface area contributed by atoms with E-state index in [9.17, 15) is 9.90 Å². The third-order valence-electron chi connectivity index (χ3n) is 4.99. The summed E-state index contributed by atoms with van der Waals surface area (Å²) in [4.78, 5) is 16.4. The molecular formula is C19H27ClN2O3. The number of benzene rings is 1. The van der Waals surface area contributed by atoms with Gasteiger partial charge in [0.1, 0.15) is 11.2 Å². The van der Waals surface area contributed by atoms with Gasteiger partial charge in [-0.3, -0.25) is 4.90 Å². The highest BCUT2D eigenvalue weighted by Gasteiger charge is 2.42. The lowest BCUT2D eigenvalue weighted by molar-refractivity contribution is -0.0786. The largest absolute Gasteiger partial charge is 0.444 e. The molecule has 2 saturated heterocycles. The minimum absolute atomic E-state index is 0.245. The second-order valence-electron chi connectivity index (χ2n) is 8.13. The van der Waals surface area contributed by atoms with Gasteiger partial charge in [0.15, 0.2) is 0 Å². The third kappa shape index (κ3) is 4.27. The van der Waals surface area contributed by atoms with Gasteiger partial charge in [0, 0.05) is 37.2 Å². The van der Waals surface area contributed by atoms with Crippen LogP contribution in [0, 0.1) is 0 Å². The predicted molar refractivity (Wildman–Crippen MR) is 97.8 cm³/mol. The van der Waals surface area contributed by atoms with Gasteiger partial charge in [-0.05, 0) is 51.3 Å². The summed E-state index contributed by atoms with van der Waals surface area (Å²) >= 11 is 5.96. The quantitative estimate of drug-likeness (QED) is 0.829. The van der Waals surface area contributed by atoms with E-state index in [1.165, 1.54) is 0 Å². The number of ether oxygens (including phenoxy) is 1. The van der Waals surface area contributed by atoms with Crippen LogP contribution >= 0.6 is 11.6 Å². The number of aliphatic hydroxyl groups is 1. The average Bonchev–Trinajstić information content (AvgIpc) is 2.53. The van der Waals surface area contributed by atoms with E-state index in [0.717, 1.165) is 18.5 Å². The molecule has 0 saturated carbocycles. The van der Waals surface area contributed by atoms with Crippen LogP contribution in [-0.4, -0.2) is 58.8 Å². The molecule has 0 bridgehead atoms. The number of fused-ring (bicyclic) bond motifs is 1. The second kappa shape index (κ2) is 6.78. The van der Waals surface area contributed by atoms with Crippen molar-refractivity contribution in [3.63, 3.8) is 0 Å². The molecule has 1 N–H and O–H groups in total. The van der Waals surface area contributed by atoms with Crippen molar-refractivity contribution in [1.82, 2.24) is 9.80 Å². The molecule has 0 aromatic heterocycles. The molecule has 1 aromatic carbocycles. The van der Waals surface area contributed by atoms with Crippen molar-refractivity contribution in [3.05, 3.63) is 34.9 Å². The van der Waals surface area contributed by atoms with E-state index in [1.54, 1.807) is 4.90 Å².